The van der Waals surface area contributed by atoms with Crippen molar-refractivity contribution < 1.29 is 19.4 Å². The van der Waals surface area contributed by atoms with Crippen molar-refractivity contribution in [1.82, 2.24) is 19.7 Å². The molecule has 0 aliphatic carbocycles. The van der Waals surface area contributed by atoms with E-state index in [-0.39, 0.29) is 12.6 Å². The maximum absolute atomic E-state index is 14.5. The fraction of sp³-hybridized carbons (Fsp3) is 0.387. The summed E-state index contributed by atoms with van der Waals surface area (Å²) in [6, 6.07) is 15.8. The van der Waals surface area contributed by atoms with Crippen molar-refractivity contribution in [3.8, 4) is 11.6 Å². The summed E-state index contributed by atoms with van der Waals surface area (Å²) in [4.78, 5) is 30.0. The lowest BCUT2D eigenvalue weighted by Crippen LogP contribution is -2.54. The minimum absolute atomic E-state index is 0.0865. The van der Waals surface area contributed by atoms with Crippen molar-refractivity contribution >= 4 is 35.1 Å². The summed E-state index contributed by atoms with van der Waals surface area (Å²) >= 11 is 12.5. The van der Waals surface area contributed by atoms with Gasteiger partial charge in [-0.1, -0.05) is 47.5 Å². The average molecular weight is 613 g/mol. The van der Waals surface area contributed by atoms with Gasteiger partial charge < -0.3 is 19.5 Å². The minimum Gasteiger partial charge on any atom is -0.493 e. The van der Waals surface area contributed by atoms with E-state index < -0.39 is 12.1 Å². The van der Waals surface area contributed by atoms with Gasteiger partial charge in [0.25, 0.3) is 0 Å². The number of halogens is 2. The lowest BCUT2D eigenvalue weighted by molar-refractivity contribution is 0.108. The first-order chi connectivity index (χ1) is 20.4. The molecule has 1 fully saturated rings. The highest BCUT2D eigenvalue weighted by Crippen LogP contribution is 2.45. The van der Waals surface area contributed by atoms with E-state index in [1.165, 1.54) is 0 Å². The van der Waals surface area contributed by atoms with Crippen molar-refractivity contribution in [2.45, 2.75) is 25.9 Å². The summed E-state index contributed by atoms with van der Waals surface area (Å²) in [5.41, 5.74) is 2.40. The molecule has 2 aromatic carbocycles. The van der Waals surface area contributed by atoms with E-state index in [0.29, 0.717) is 79.0 Å². The molecule has 2 aliphatic rings. The van der Waals surface area contributed by atoms with Crippen LogP contribution in [-0.4, -0.2) is 89.2 Å². The fourth-order valence-corrected chi connectivity index (χ4v) is 5.65. The van der Waals surface area contributed by atoms with Gasteiger partial charge in [-0.15, -0.1) is 0 Å². The van der Waals surface area contributed by atoms with Crippen LogP contribution < -0.4 is 9.47 Å². The van der Waals surface area contributed by atoms with Crippen LogP contribution in [0.4, 0.5) is 4.79 Å². The van der Waals surface area contributed by atoms with E-state index in [1.54, 1.807) is 17.2 Å². The van der Waals surface area contributed by atoms with Gasteiger partial charge >= 0.3 is 6.03 Å². The zero-order valence-corrected chi connectivity index (χ0v) is 25.3. The molecule has 0 unspecified atom stereocenters. The molecule has 3 aromatic rings. The molecule has 1 N–H and O–H groups in total. The molecule has 2 aliphatic heterocycles. The van der Waals surface area contributed by atoms with E-state index in [9.17, 15) is 9.90 Å². The van der Waals surface area contributed by atoms with Crippen LogP contribution in [0.15, 0.2) is 65.8 Å². The molecule has 0 saturated carbocycles. The molecular formula is C31H35Cl2N5O4. The number of benzene rings is 2. The third kappa shape index (κ3) is 6.49. The van der Waals surface area contributed by atoms with Crippen LogP contribution in [0.3, 0.4) is 0 Å². The van der Waals surface area contributed by atoms with Crippen LogP contribution >= 0.6 is 23.2 Å². The molecule has 9 nitrogen and oxygen atoms in total. The predicted molar refractivity (Wildman–Crippen MR) is 164 cm³/mol. The lowest BCUT2D eigenvalue weighted by atomic mass is 9.93. The van der Waals surface area contributed by atoms with Gasteiger partial charge in [0.2, 0.25) is 5.88 Å². The van der Waals surface area contributed by atoms with Gasteiger partial charge in [-0.2, -0.15) is 0 Å². The number of aliphatic hydroxyl groups is 1. The Hall–Kier alpha value is -3.37. The Bertz CT molecular complexity index is 1400. The highest BCUT2D eigenvalue weighted by molar-refractivity contribution is 6.30. The number of aliphatic imine (C=N–C) groups is 1. The predicted octanol–water partition coefficient (Wildman–Crippen LogP) is 5.46. The molecule has 1 saturated heterocycles. The number of carbonyl (C=O) groups is 1. The van der Waals surface area contributed by atoms with Crippen molar-refractivity contribution in [2.75, 3.05) is 52.5 Å². The minimum atomic E-state index is -0.470. The van der Waals surface area contributed by atoms with Crippen LogP contribution in [0.1, 0.15) is 42.6 Å². The number of aliphatic hydroxyl groups excluding tert-OH is 1. The smallest absolute Gasteiger partial charge is 0.326 e. The normalized spacial score (nSPS) is 19.1. The Kier molecular flexibility index (Phi) is 9.84. The molecule has 42 heavy (non-hydrogen) atoms. The molecule has 11 heteroatoms. The summed E-state index contributed by atoms with van der Waals surface area (Å²) in [7, 11) is 0. The summed E-state index contributed by atoms with van der Waals surface area (Å²) in [5.74, 6) is 1.44. The molecule has 222 valence electrons. The van der Waals surface area contributed by atoms with Gasteiger partial charge in [0.1, 0.15) is 17.6 Å². The summed E-state index contributed by atoms with van der Waals surface area (Å²) in [5, 5.41) is 10.6. The Labute approximate surface area is 256 Å². The Morgan fingerprint density at radius 3 is 2.14 bits per heavy atom. The summed E-state index contributed by atoms with van der Waals surface area (Å²) in [6.45, 7) is 7.75. The zero-order valence-electron chi connectivity index (χ0n) is 23.7. The highest BCUT2D eigenvalue weighted by Gasteiger charge is 2.45. The number of amides is 2. The molecule has 0 radical (unpaired) electrons. The number of β-amino-alcohol motifs (C(OH)–C–C–N with tert-alkyl or cyclic N) is 1. The number of hydrogen-bond donors (Lipinski definition) is 1. The number of pyridine rings is 1. The van der Waals surface area contributed by atoms with E-state index in [1.807, 2.05) is 67.3 Å². The van der Waals surface area contributed by atoms with Gasteiger partial charge in [-0.3, -0.25) is 14.8 Å². The van der Waals surface area contributed by atoms with Crippen LogP contribution in [0.25, 0.3) is 0 Å². The molecule has 2 amide bonds. The Balaban J connectivity index is 1.64. The molecule has 0 spiro atoms. The third-order valence-corrected chi connectivity index (χ3v) is 7.93. The number of hydrogen-bond acceptors (Lipinski definition) is 7. The number of piperazine rings is 1. The monoisotopic (exact) mass is 611 g/mol. The van der Waals surface area contributed by atoms with Gasteiger partial charge in [0.15, 0.2) is 0 Å². The zero-order chi connectivity index (χ0) is 29.6. The number of amidine groups is 1. The average Bonchev–Trinajstić information content (AvgIpc) is 3.39. The van der Waals surface area contributed by atoms with Crippen molar-refractivity contribution in [2.24, 2.45) is 4.99 Å². The van der Waals surface area contributed by atoms with Gasteiger partial charge in [-0.25, -0.2) is 9.78 Å². The maximum atomic E-state index is 14.5. The quantitative estimate of drug-likeness (QED) is 0.345. The second kappa shape index (κ2) is 13.7. The maximum Gasteiger partial charge on any atom is 0.326 e. The second-order valence-corrected chi connectivity index (χ2v) is 10.9. The van der Waals surface area contributed by atoms with E-state index in [0.717, 1.165) is 11.1 Å². The first-order valence-electron chi connectivity index (χ1n) is 14.2. The summed E-state index contributed by atoms with van der Waals surface area (Å²) in [6.07, 6.45) is 1.66. The molecule has 2 atom stereocenters. The van der Waals surface area contributed by atoms with Gasteiger partial charge in [-0.05, 0) is 49.2 Å². The summed E-state index contributed by atoms with van der Waals surface area (Å²) < 4.78 is 11.7. The van der Waals surface area contributed by atoms with Crippen LogP contribution in [0.5, 0.6) is 11.6 Å². The van der Waals surface area contributed by atoms with E-state index in [2.05, 4.69) is 9.88 Å². The Morgan fingerprint density at radius 2 is 1.55 bits per heavy atom. The number of nitrogens with zero attached hydrogens (tertiary/aromatic N) is 5. The van der Waals surface area contributed by atoms with Crippen LogP contribution in [0, 0.1) is 0 Å². The molecule has 3 heterocycles. The first kappa shape index (κ1) is 30.1. The van der Waals surface area contributed by atoms with Crippen LogP contribution in [-0.2, 0) is 0 Å². The SMILES string of the molecule is CCOc1cc(OCC)c(C2=N[C@@H](c3ccc(Cl)cc3)[C@@H](c3ccc(Cl)cc3)N2C(=O)N2CCN(CCO)CC2)cn1. The third-order valence-electron chi connectivity index (χ3n) is 7.43. The molecule has 5 rings (SSSR count). The first-order valence-corrected chi connectivity index (χ1v) is 14.9. The molecular weight excluding hydrogens is 577 g/mol. The fourth-order valence-electron chi connectivity index (χ4n) is 5.40. The van der Waals surface area contributed by atoms with Crippen molar-refractivity contribution in [3.63, 3.8) is 0 Å². The lowest BCUT2D eigenvalue weighted by Gasteiger charge is -2.39. The van der Waals surface area contributed by atoms with Gasteiger partial charge in [0, 0.05) is 55.0 Å². The second-order valence-electron chi connectivity index (χ2n) is 10.0. The molecule has 0 bridgehead atoms. The number of ether oxygens (including phenoxy) is 2. The molecule has 1 aromatic heterocycles. The number of carbonyl (C=O) groups excluding carboxylic acids is 1. The number of aromatic nitrogens is 1. The van der Waals surface area contributed by atoms with E-state index >= 15 is 0 Å². The van der Waals surface area contributed by atoms with Gasteiger partial charge in [0.05, 0.1) is 31.4 Å². The van der Waals surface area contributed by atoms with Crippen LogP contribution in [0.2, 0.25) is 10.0 Å². The van der Waals surface area contributed by atoms with Crippen molar-refractivity contribution in [3.05, 3.63) is 87.5 Å². The largest absolute Gasteiger partial charge is 0.493 e. The topological polar surface area (TPSA) is 90.7 Å². The number of rotatable bonds is 9. The van der Waals surface area contributed by atoms with E-state index in [4.69, 9.17) is 37.7 Å². The highest BCUT2D eigenvalue weighted by atomic mass is 35.5. The standard InChI is InChI=1S/C31H35Cl2N5O4/c1-3-41-26-19-27(42-4-2)34-20-25(26)30-35-28(21-5-9-23(32)10-6-21)29(22-7-11-24(33)12-8-22)38(30)31(40)37-15-13-36(14-16-37)17-18-39/h5-12,19-20,28-29,39H,3-4,13-18H2,1-2H3/t28-,29+/m0/s1. The van der Waals surface area contributed by atoms with Crippen molar-refractivity contribution in [1.29, 1.82) is 0 Å². The Morgan fingerprint density at radius 1 is 0.929 bits per heavy atom. The number of urea groups is 1.